The molecule has 1 aliphatic heterocycles. The molecule has 16 heavy (non-hydrogen) atoms. The molecule has 0 aromatic heterocycles. The summed E-state index contributed by atoms with van der Waals surface area (Å²) < 4.78 is 0. The lowest BCUT2D eigenvalue weighted by atomic mass is 9.81. The maximum absolute atomic E-state index is 10.5. The summed E-state index contributed by atoms with van der Waals surface area (Å²) in [6, 6.07) is 10.5. The van der Waals surface area contributed by atoms with Crippen molar-refractivity contribution >= 4 is 0 Å². The van der Waals surface area contributed by atoms with Crippen molar-refractivity contribution in [2.24, 2.45) is 0 Å². The summed E-state index contributed by atoms with van der Waals surface area (Å²) in [5, 5.41) is 13.8. The molecule has 0 bridgehead atoms. The van der Waals surface area contributed by atoms with Gasteiger partial charge >= 0.3 is 0 Å². The molecule has 1 fully saturated rings. The summed E-state index contributed by atoms with van der Waals surface area (Å²) >= 11 is 0. The molecule has 1 aliphatic rings. The van der Waals surface area contributed by atoms with E-state index >= 15 is 0 Å². The van der Waals surface area contributed by atoms with Crippen LogP contribution in [0.5, 0.6) is 0 Å². The molecule has 0 radical (unpaired) electrons. The topological polar surface area (TPSA) is 32.3 Å². The van der Waals surface area contributed by atoms with Crippen molar-refractivity contribution in [1.82, 2.24) is 5.32 Å². The van der Waals surface area contributed by atoms with E-state index in [-0.39, 0.29) is 0 Å². The highest BCUT2D eigenvalue weighted by atomic mass is 16.3. The zero-order valence-electron chi connectivity index (χ0n) is 9.95. The second-order valence-electron chi connectivity index (χ2n) is 4.99. The molecule has 0 aliphatic carbocycles. The maximum atomic E-state index is 10.5. The van der Waals surface area contributed by atoms with Crippen LogP contribution in [-0.2, 0) is 0 Å². The van der Waals surface area contributed by atoms with Gasteiger partial charge in [-0.25, -0.2) is 0 Å². The molecular formula is C14H21NO. The Morgan fingerprint density at radius 2 is 1.88 bits per heavy atom. The first-order valence-corrected chi connectivity index (χ1v) is 6.18. The van der Waals surface area contributed by atoms with Gasteiger partial charge in [0, 0.05) is 0 Å². The molecule has 88 valence electrons. The molecule has 2 N–H and O–H groups in total. The third-order valence-corrected chi connectivity index (χ3v) is 3.59. The molecule has 0 amide bonds. The van der Waals surface area contributed by atoms with Crippen molar-refractivity contribution in [2.45, 2.75) is 37.7 Å². The van der Waals surface area contributed by atoms with E-state index in [0.29, 0.717) is 5.92 Å². The van der Waals surface area contributed by atoms with Crippen LogP contribution in [-0.4, -0.2) is 23.8 Å². The Morgan fingerprint density at radius 3 is 2.50 bits per heavy atom. The average molecular weight is 219 g/mol. The van der Waals surface area contributed by atoms with Crippen LogP contribution in [0.1, 0.15) is 37.7 Å². The largest absolute Gasteiger partial charge is 0.390 e. The number of aliphatic hydroxyl groups is 1. The zero-order chi connectivity index (χ0) is 11.4. The first-order valence-electron chi connectivity index (χ1n) is 6.18. The Bertz CT molecular complexity index is 317. The summed E-state index contributed by atoms with van der Waals surface area (Å²) in [4.78, 5) is 0. The van der Waals surface area contributed by atoms with Gasteiger partial charge in [-0.15, -0.1) is 0 Å². The molecule has 1 atom stereocenters. The summed E-state index contributed by atoms with van der Waals surface area (Å²) in [6.07, 6.45) is 2.63. The molecular weight excluding hydrogens is 198 g/mol. The third-order valence-electron chi connectivity index (χ3n) is 3.59. The van der Waals surface area contributed by atoms with Crippen LogP contribution < -0.4 is 5.32 Å². The molecule has 1 aromatic carbocycles. The van der Waals surface area contributed by atoms with Crippen molar-refractivity contribution in [1.29, 1.82) is 0 Å². The maximum Gasteiger partial charge on any atom is 0.0677 e. The van der Waals surface area contributed by atoms with Crippen LogP contribution in [0.4, 0.5) is 0 Å². The average Bonchev–Trinajstić information content (AvgIpc) is 2.30. The number of hydrogen-bond acceptors (Lipinski definition) is 2. The van der Waals surface area contributed by atoms with E-state index in [4.69, 9.17) is 0 Å². The van der Waals surface area contributed by atoms with Crippen LogP contribution in [0.2, 0.25) is 0 Å². The SMILES string of the molecule is CC(CC1(O)CCNCC1)c1ccccc1. The van der Waals surface area contributed by atoms with Crippen LogP contribution in [0.15, 0.2) is 30.3 Å². The van der Waals surface area contributed by atoms with Gasteiger partial charge in [0.25, 0.3) is 0 Å². The molecule has 2 rings (SSSR count). The Morgan fingerprint density at radius 1 is 1.25 bits per heavy atom. The van der Waals surface area contributed by atoms with E-state index in [2.05, 4.69) is 36.5 Å². The highest BCUT2D eigenvalue weighted by molar-refractivity contribution is 5.19. The predicted octanol–water partition coefficient (Wildman–Crippen LogP) is 2.29. The summed E-state index contributed by atoms with van der Waals surface area (Å²) in [6.45, 7) is 4.09. The fourth-order valence-corrected chi connectivity index (χ4v) is 2.57. The first-order chi connectivity index (χ1) is 7.70. The Kier molecular flexibility index (Phi) is 3.62. The molecule has 1 saturated heterocycles. The number of benzene rings is 1. The van der Waals surface area contributed by atoms with Crippen LogP contribution in [0.3, 0.4) is 0 Å². The molecule has 1 aromatic rings. The predicted molar refractivity (Wildman–Crippen MR) is 66.5 cm³/mol. The highest BCUT2D eigenvalue weighted by Gasteiger charge is 2.30. The fraction of sp³-hybridized carbons (Fsp3) is 0.571. The molecule has 0 spiro atoms. The van der Waals surface area contributed by atoms with Gasteiger partial charge in [-0.3, -0.25) is 0 Å². The van der Waals surface area contributed by atoms with Gasteiger partial charge in [-0.1, -0.05) is 37.3 Å². The number of rotatable bonds is 3. The van der Waals surface area contributed by atoms with Crippen LogP contribution in [0, 0.1) is 0 Å². The minimum absolute atomic E-state index is 0.435. The van der Waals surface area contributed by atoms with Crippen molar-refractivity contribution in [3.8, 4) is 0 Å². The lowest BCUT2D eigenvalue weighted by Crippen LogP contribution is -2.42. The minimum atomic E-state index is -0.458. The number of hydrogen-bond donors (Lipinski definition) is 2. The lowest BCUT2D eigenvalue weighted by Gasteiger charge is -2.34. The second kappa shape index (κ2) is 4.98. The normalized spacial score (nSPS) is 21.6. The van der Waals surface area contributed by atoms with E-state index in [1.807, 2.05) is 6.07 Å². The molecule has 2 heteroatoms. The van der Waals surface area contributed by atoms with E-state index < -0.39 is 5.60 Å². The number of nitrogens with one attached hydrogen (secondary N) is 1. The van der Waals surface area contributed by atoms with Gasteiger partial charge in [0.1, 0.15) is 0 Å². The van der Waals surface area contributed by atoms with Crippen LogP contribution >= 0.6 is 0 Å². The van der Waals surface area contributed by atoms with E-state index in [1.54, 1.807) is 0 Å². The van der Waals surface area contributed by atoms with Gasteiger partial charge in [-0.05, 0) is 43.8 Å². The van der Waals surface area contributed by atoms with Gasteiger partial charge in [0.15, 0.2) is 0 Å². The standard InChI is InChI=1S/C14H21NO/c1-12(13-5-3-2-4-6-13)11-14(16)7-9-15-10-8-14/h2-6,12,15-16H,7-11H2,1H3. The smallest absolute Gasteiger partial charge is 0.0677 e. The van der Waals surface area contributed by atoms with Gasteiger partial charge in [-0.2, -0.15) is 0 Å². The van der Waals surface area contributed by atoms with Crippen molar-refractivity contribution in [3.05, 3.63) is 35.9 Å². The van der Waals surface area contributed by atoms with Gasteiger partial charge < -0.3 is 10.4 Å². The van der Waals surface area contributed by atoms with E-state index in [0.717, 1.165) is 32.4 Å². The Balaban J connectivity index is 1.98. The Labute approximate surface area is 97.7 Å². The van der Waals surface area contributed by atoms with E-state index in [9.17, 15) is 5.11 Å². The highest BCUT2D eigenvalue weighted by Crippen LogP contribution is 2.31. The molecule has 1 heterocycles. The number of piperidine rings is 1. The molecule has 0 saturated carbocycles. The van der Waals surface area contributed by atoms with Gasteiger partial charge in [0.05, 0.1) is 5.60 Å². The first kappa shape index (κ1) is 11.6. The van der Waals surface area contributed by atoms with Crippen molar-refractivity contribution in [2.75, 3.05) is 13.1 Å². The molecule has 1 unspecified atom stereocenters. The lowest BCUT2D eigenvalue weighted by molar-refractivity contribution is -0.00245. The van der Waals surface area contributed by atoms with Crippen LogP contribution in [0.25, 0.3) is 0 Å². The van der Waals surface area contributed by atoms with Crippen molar-refractivity contribution in [3.63, 3.8) is 0 Å². The monoisotopic (exact) mass is 219 g/mol. The quantitative estimate of drug-likeness (QED) is 0.817. The summed E-state index contributed by atoms with van der Waals surface area (Å²) in [5.41, 5.74) is 0.870. The minimum Gasteiger partial charge on any atom is -0.390 e. The Hall–Kier alpha value is -0.860. The third kappa shape index (κ3) is 2.83. The second-order valence-corrected chi connectivity index (χ2v) is 4.99. The fourth-order valence-electron chi connectivity index (χ4n) is 2.57. The summed E-state index contributed by atoms with van der Waals surface area (Å²) in [7, 11) is 0. The van der Waals surface area contributed by atoms with E-state index in [1.165, 1.54) is 5.56 Å². The molecule has 2 nitrogen and oxygen atoms in total. The van der Waals surface area contributed by atoms with Gasteiger partial charge in [0.2, 0.25) is 0 Å². The summed E-state index contributed by atoms with van der Waals surface area (Å²) in [5.74, 6) is 0.435. The zero-order valence-corrected chi connectivity index (χ0v) is 9.95. The van der Waals surface area contributed by atoms with Crippen molar-refractivity contribution < 1.29 is 5.11 Å².